The van der Waals surface area contributed by atoms with E-state index in [1.54, 1.807) is 18.7 Å². The molecule has 1 aliphatic heterocycles. The van der Waals surface area contributed by atoms with Crippen LogP contribution in [0.1, 0.15) is 19.3 Å². The van der Waals surface area contributed by atoms with Gasteiger partial charge in [0.25, 0.3) is 0 Å². The molecule has 0 atom stereocenters. The van der Waals surface area contributed by atoms with E-state index in [-0.39, 0.29) is 5.91 Å². The molecule has 0 bridgehead atoms. The molecule has 4 heterocycles. The molecule has 4 rings (SSSR count). The molecule has 3 aromatic heterocycles. The Balaban J connectivity index is 1.52. The van der Waals surface area contributed by atoms with Crippen LogP contribution < -0.4 is 5.32 Å². The lowest BCUT2D eigenvalue weighted by molar-refractivity contribution is -0.117. The minimum absolute atomic E-state index is 0.0264. The smallest absolute Gasteiger partial charge is 0.239 e. The first-order chi connectivity index (χ1) is 12.7. The normalized spacial score (nSPS) is 15.3. The number of rotatable bonds is 4. The van der Waals surface area contributed by atoms with Gasteiger partial charge in [0.15, 0.2) is 0 Å². The van der Waals surface area contributed by atoms with Crippen molar-refractivity contribution in [1.82, 2.24) is 24.4 Å². The maximum Gasteiger partial charge on any atom is 0.239 e. The number of anilines is 1. The fourth-order valence-corrected chi connectivity index (χ4v) is 3.33. The molecule has 0 aromatic carbocycles. The van der Waals surface area contributed by atoms with Gasteiger partial charge in [-0.25, -0.2) is 15.0 Å². The van der Waals surface area contributed by atoms with Gasteiger partial charge in [-0.05, 0) is 38.1 Å². The van der Waals surface area contributed by atoms with Gasteiger partial charge < -0.3 is 9.88 Å². The Hall–Kier alpha value is -2.80. The summed E-state index contributed by atoms with van der Waals surface area (Å²) in [7, 11) is 1.94. The molecule has 0 radical (unpaired) electrons. The first kappa shape index (κ1) is 16.7. The van der Waals surface area contributed by atoms with Crippen LogP contribution in [0, 0.1) is 0 Å². The highest BCUT2D eigenvalue weighted by molar-refractivity contribution is 5.93. The van der Waals surface area contributed by atoms with E-state index in [0.29, 0.717) is 12.4 Å². The third kappa shape index (κ3) is 3.57. The Morgan fingerprint density at radius 3 is 2.81 bits per heavy atom. The second-order valence-corrected chi connectivity index (χ2v) is 6.73. The van der Waals surface area contributed by atoms with Crippen molar-refractivity contribution in [2.75, 3.05) is 25.0 Å². The van der Waals surface area contributed by atoms with Crippen molar-refractivity contribution in [1.29, 1.82) is 0 Å². The van der Waals surface area contributed by atoms with Crippen molar-refractivity contribution in [3.63, 3.8) is 0 Å². The Bertz CT molecular complexity index is 929. The molecule has 26 heavy (non-hydrogen) atoms. The molecule has 1 saturated heterocycles. The van der Waals surface area contributed by atoms with Crippen LogP contribution in [0.2, 0.25) is 0 Å². The van der Waals surface area contributed by atoms with E-state index < -0.39 is 0 Å². The average Bonchev–Trinajstić information content (AvgIpc) is 3.08. The Morgan fingerprint density at radius 1 is 1.19 bits per heavy atom. The maximum absolute atomic E-state index is 12.3. The standard InChI is InChI=1S/C19H22N6O/c1-24-13-20-11-17(24)15-6-5-14-10-21-18(9-16(14)22-15)23-19(26)12-25-7-3-2-4-8-25/h5-6,9-11,13H,2-4,7-8,12H2,1H3,(H,21,23,26). The predicted octanol–water partition coefficient (Wildman–Crippen LogP) is 2.45. The predicted molar refractivity (Wildman–Crippen MR) is 101 cm³/mol. The van der Waals surface area contributed by atoms with Gasteiger partial charge in [-0.1, -0.05) is 6.42 Å². The van der Waals surface area contributed by atoms with Crippen LogP contribution in [-0.2, 0) is 11.8 Å². The van der Waals surface area contributed by atoms with Crippen LogP contribution in [0.4, 0.5) is 5.82 Å². The summed E-state index contributed by atoms with van der Waals surface area (Å²) in [6.07, 6.45) is 8.88. The van der Waals surface area contributed by atoms with Gasteiger partial charge in [-0.2, -0.15) is 0 Å². The number of pyridine rings is 2. The molecule has 1 N–H and O–H groups in total. The van der Waals surface area contributed by atoms with Crippen LogP contribution in [-0.4, -0.2) is 50.0 Å². The number of aromatic nitrogens is 4. The zero-order valence-electron chi connectivity index (χ0n) is 14.9. The van der Waals surface area contributed by atoms with Gasteiger partial charge in [0, 0.05) is 24.7 Å². The SMILES string of the molecule is Cn1cncc1-c1ccc2cnc(NC(=O)CN3CCCCC3)cc2n1. The zero-order chi connectivity index (χ0) is 17.9. The molecule has 7 heteroatoms. The van der Waals surface area contributed by atoms with E-state index >= 15 is 0 Å². The Morgan fingerprint density at radius 2 is 2.04 bits per heavy atom. The summed E-state index contributed by atoms with van der Waals surface area (Å²) in [6, 6.07) is 5.76. The van der Waals surface area contributed by atoms with E-state index in [9.17, 15) is 4.79 Å². The van der Waals surface area contributed by atoms with Gasteiger partial charge in [0.05, 0.1) is 36.0 Å². The molecule has 0 unspecified atom stereocenters. The number of fused-ring (bicyclic) bond motifs is 1. The molecule has 0 aliphatic carbocycles. The van der Waals surface area contributed by atoms with Gasteiger partial charge in [-0.3, -0.25) is 9.69 Å². The summed E-state index contributed by atoms with van der Waals surface area (Å²) < 4.78 is 1.93. The molecule has 0 saturated carbocycles. The third-order valence-corrected chi connectivity index (χ3v) is 4.74. The lowest BCUT2D eigenvalue weighted by Gasteiger charge is -2.25. The van der Waals surface area contributed by atoms with Crippen molar-refractivity contribution in [3.8, 4) is 11.4 Å². The van der Waals surface area contributed by atoms with E-state index in [1.165, 1.54) is 19.3 Å². The molecule has 1 fully saturated rings. The topological polar surface area (TPSA) is 75.9 Å². The number of carbonyl (C=O) groups is 1. The summed E-state index contributed by atoms with van der Waals surface area (Å²) in [5, 5.41) is 3.83. The third-order valence-electron chi connectivity index (χ3n) is 4.74. The van der Waals surface area contributed by atoms with E-state index in [2.05, 4.69) is 20.2 Å². The summed E-state index contributed by atoms with van der Waals surface area (Å²) in [4.78, 5) is 27.7. The first-order valence-electron chi connectivity index (χ1n) is 8.95. The number of likely N-dealkylation sites (tertiary alicyclic amines) is 1. The number of nitrogens with zero attached hydrogens (tertiary/aromatic N) is 5. The molecular weight excluding hydrogens is 328 g/mol. The second-order valence-electron chi connectivity index (χ2n) is 6.73. The number of imidazole rings is 1. The number of amides is 1. The van der Waals surface area contributed by atoms with Gasteiger partial charge in [-0.15, -0.1) is 0 Å². The van der Waals surface area contributed by atoms with Crippen molar-refractivity contribution in [2.45, 2.75) is 19.3 Å². The molecule has 1 amide bonds. The highest BCUT2D eigenvalue weighted by Gasteiger charge is 2.14. The van der Waals surface area contributed by atoms with Crippen LogP contribution in [0.3, 0.4) is 0 Å². The van der Waals surface area contributed by atoms with Crippen LogP contribution >= 0.6 is 0 Å². The number of hydrogen-bond acceptors (Lipinski definition) is 5. The number of carbonyl (C=O) groups excluding carboxylic acids is 1. The van der Waals surface area contributed by atoms with E-state index in [4.69, 9.17) is 4.98 Å². The fourth-order valence-electron chi connectivity index (χ4n) is 3.33. The van der Waals surface area contributed by atoms with Gasteiger partial charge in [0.2, 0.25) is 5.91 Å². The van der Waals surface area contributed by atoms with Gasteiger partial charge in [0.1, 0.15) is 5.82 Å². The number of piperidine rings is 1. The van der Waals surface area contributed by atoms with Crippen LogP contribution in [0.5, 0.6) is 0 Å². The highest BCUT2D eigenvalue weighted by Crippen LogP contribution is 2.21. The summed E-state index contributed by atoms with van der Waals surface area (Å²) in [5.74, 6) is 0.510. The fraction of sp³-hybridized carbons (Fsp3) is 0.368. The number of aryl methyl sites for hydroxylation is 1. The number of nitrogens with one attached hydrogen (secondary N) is 1. The average molecular weight is 350 g/mol. The van der Waals surface area contributed by atoms with Crippen LogP contribution in [0.25, 0.3) is 22.3 Å². The van der Waals surface area contributed by atoms with E-state index in [0.717, 1.165) is 35.4 Å². The lowest BCUT2D eigenvalue weighted by atomic mass is 10.1. The monoisotopic (exact) mass is 350 g/mol. The van der Waals surface area contributed by atoms with Crippen molar-refractivity contribution >= 4 is 22.6 Å². The first-order valence-corrected chi connectivity index (χ1v) is 8.95. The molecule has 0 spiro atoms. The summed E-state index contributed by atoms with van der Waals surface area (Å²) >= 11 is 0. The van der Waals surface area contributed by atoms with Gasteiger partial charge >= 0.3 is 0 Å². The largest absolute Gasteiger partial charge is 0.332 e. The molecule has 3 aromatic rings. The Kier molecular flexibility index (Phi) is 4.62. The summed E-state index contributed by atoms with van der Waals surface area (Å²) in [5.41, 5.74) is 2.58. The van der Waals surface area contributed by atoms with Crippen molar-refractivity contribution in [3.05, 3.63) is 36.9 Å². The van der Waals surface area contributed by atoms with E-state index in [1.807, 2.05) is 29.8 Å². The maximum atomic E-state index is 12.3. The minimum atomic E-state index is -0.0264. The molecular formula is C19H22N6O. The van der Waals surface area contributed by atoms with Crippen molar-refractivity contribution < 1.29 is 4.79 Å². The molecule has 7 nitrogen and oxygen atoms in total. The quantitative estimate of drug-likeness (QED) is 0.782. The molecule has 1 aliphatic rings. The lowest BCUT2D eigenvalue weighted by Crippen LogP contribution is -2.36. The van der Waals surface area contributed by atoms with Crippen molar-refractivity contribution in [2.24, 2.45) is 7.05 Å². The molecule has 134 valence electrons. The Labute approximate surface area is 152 Å². The van der Waals surface area contributed by atoms with Crippen LogP contribution in [0.15, 0.2) is 36.9 Å². The zero-order valence-corrected chi connectivity index (χ0v) is 14.9. The highest BCUT2D eigenvalue weighted by atomic mass is 16.2. The number of hydrogen-bond donors (Lipinski definition) is 1. The minimum Gasteiger partial charge on any atom is -0.332 e. The summed E-state index contributed by atoms with van der Waals surface area (Å²) in [6.45, 7) is 2.41. The second kappa shape index (κ2) is 7.21.